The fourth-order valence-corrected chi connectivity index (χ4v) is 1.68. The molecule has 0 radical (unpaired) electrons. The van der Waals surface area contributed by atoms with Crippen molar-refractivity contribution in [2.24, 2.45) is 0 Å². The highest BCUT2D eigenvalue weighted by atomic mass is 16.4. The van der Waals surface area contributed by atoms with E-state index in [1.54, 1.807) is 12.4 Å². The van der Waals surface area contributed by atoms with E-state index in [1.807, 2.05) is 19.1 Å². The lowest BCUT2D eigenvalue weighted by Crippen LogP contribution is -2.13. The zero-order valence-electron chi connectivity index (χ0n) is 11.3. The summed E-state index contributed by atoms with van der Waals surface area (Å²) in [7, 11) is 0. The molecule has 1 atom stereocenters. The molecule has 0 amide bonds. The summed E-state index contributed by atoms with van der Waals surface area (Å²) in [6, 6.07) is 4.45. The molecule has 2 rings (SSSR count). The van der Waals surface area contributed by atoms with Crippen LogP contribution in [0.4, 0.5) is 6.01 Å². The summed E-state index contributed by atoms with van der Waals surface area (Å²) in [5.41, 5.74) is 1.12. The Morgan fingerprint density at radius 1 is 1.26 bits per heavy atom. The van der Waals surface area contributed by atoms with Gasteiger partial charge in [0.25, 0.3) is 0 Å². The van der Waals surface area contributed by atoms with Gasteiger partial charge in [-0.1, -0.05) is 12.0 Å². The van der Waals surface area contributed by atoms with Crippen molar-refractivity contribution in [3.8, 4) is 0 Å². The molecule has 2 aromatic rings. The SMILES string of the molecule is CCCNCc1nnc(NC(C)c2ccncc2)o1. The Morgan fingerprint density at radius 3 is 2.79 bits per heavy atom. The average Bonchev–Trinajstić information content (AvgIpc) is 2.88. The molecule has 0 aliphatic heterocycles. The van der Waals surface area contributed by atoms with Crippen LogP contribution in [-0.4, -0.2) is 21.7 Å². The standard InChI is InChI=1S/C13H19N5O/c1-3-6-15-9-12-17-18-13(19-12)16-10(2)11-4-7-14-8-5-11/h4-5,7-8,10,15H,3,6,9H2,1-2H3,(H,16,18). The predicted molar refractivity (Wildman–Crippen MR) is 72.6 cm³/mol. The minimum absolute atomic E-state index is 0.0971. The van der Waals surface area contributed by atoms with Crippen LogP contribution in [0.5, 0.6) is 0 Å². The molecule has 102 valence electrons. The molecule has 2 aromatic heterocycles. The summed E-state index contributed by atoms with van der Waals surface area (Å²) in [5, 5.41) is 14.3. The Bertz CT molecular complexity index is 485. The summed E-state index contributed by atoms with van der Waals surface area (Å²) >= 11 is 0. The molecule has 2 heterocycles. The molecule has 0 spiro atoms. The third-order valence-electron chi connectivity index (χ3n) is 2.72. The van der Waals surface area contributed by atoms with Crippen molar-refractivity contribution in [2.45, 2.75) is 32.9 Å². The van der Waals surface area contributed by atoms with Crippen LogP contribution in [0.3, 0.4) is 0 Å². The maximum Gasteiger partial charge on any atom is 0.315 e. The van der Waals surface area contributed by atoms with Crippen molar-refractivity contribution in [1.29, 1.82) is 0 Å². The van der Waals surface area contributed by atoms with Crippen molar-refractivity contribution in [3.63, 3.8) is 0 Å². The number of hydrogen-bond donors (Lipinski definition) is 2. The summed E-state index contributed by atoms with van der Waals surface area (Å²) in [5.74, 6) is 0.595. The number of pyridine rings is 1. The van der Waals surface area contributed by atoms with Gasteiger partial charge in [-0.05, 0) is 37.6 Å². The van der Waals surface area contributed by atoms with Crippen molar-refractivity contribution in [1.82, 2.24) is 20.5 Å². The first kappa shape index (κ1) is 13.5. The van der Waals surface area contributed by atoms with Crippen LogP contribution in [0.2, 0.25) is 0 Å². The minimum atomic E-state index is 0.0971. The molecule has 6 nitrogen and oxygen atoms in total. The van der Waals surface area contributed by atoms with Gasteiger partial charge in [-0.15, -0.1) is 5.10 Å². The van der Waals surface area contributed by atoms with Gasteiger partial charge in [0.2, 0.25) is 5.89 Å². The highest BCUT2D eigenvalue weighted by Gasteiger charge is 2.10. The molecule has 6 heteroatoms. The summed E-state index contributed by atoms with van der Waals surface area (Å²) in [6.07, 6.45) is 4.61. The zero-order chi connectivity index (χ0) is 13.5. The van der Waals surface area contributed by atoms with Gasteiger partial charge >= 0.3 is 6.01 Å². The Balaban J connectivity index is 1.89. The monoisotopic (exact) mass is 261 g/mol. The van der Waals surface area contributed by atoms with Crippen LogP contribution in [0, 0.1) is 0 Å². The Kier molecular flexibility index (Phi) is 4.85. The molecule has 19 heavy (non-hydrogen) atoms. The van der Waals surface area contributed by atoms with Gasteiger partial charge in [0.15, 0.2) is 0 Å². The number of nitrogens with zero attached hydrogens (tertiary/aromatic N) is 3. The van der Waals surface area contributed by atoms with Crippen LogP contribution in [-0.2, 0) is 6.54 Å². The van der Waals surface area contributed by atoms with Crippen molar-refractivity contribution >= 4 is 6.01 Å². The first-order valence-corrected chi connectivity index (χ1v) is 6.49. The van der Waals surface area contributed by atoms with E-state index in [1.165, 1.54) is 0 Å². The topological polar surface area (TPSA) is 75.9 Å². The van der Waals surface area contributed by atoms with Crippen LogP contribution in [0.1, 0.15) is 37.8 Å². The minimum Gasteiger partial charge on any atom is -0.407 e. The second-order valence-electron chi connectivity index (χ2n) is 4.32. The quantitative estimate of drug-likeness (QED) is 0.744. The van der Waals surface area contributed by atoms with E-state index >= 15 is 0 Å². The van der Waals surface area contributed by atoms with Crippen molar-refractivity contribution in [3.05, 3.63) is 36.0 Å². The van der Waals surface area contributed by atoms with Crippen molar-refractivity contribution in [2.75, 3.05) is 11.9 Å². The number of anilines is 1. The van der Waals surface area contributed by atoms with E-state index < -0.39 is 0 Å². The predicted octanol–water partition coefficient (Wildman–Crippen LogP) is 2.14. The Morgan fingerprint density at radius 2 is 2.05 bits per heavy atom. The molecule has 0 fully saturated rings. The summed E-state index contributed by atoms with van der Waals surface area (Å²) in [6.45, 7) is 5.70. The van der Waals surface area contributed by atoms with E-state index in [4.69, 9.17) is 4.42 Å². The molecule has 0 aliphatic carbocycles. The van der Waals surface area contributed by atoms with E-state index in [0.29, 0.717) is 18.5 Å². The second-order valence-corrected chi connectivity index (χ2v) is 4.32. The van der Waals surface area contributed by atoms with Crippen LogP contribution in [0.25, 0.3) is 0 Å². The van der Waals surface area contributed by atoms with Crippen LogP contribution in [0.15, 0.2) is 28.9 Å². The van der Waals surface area contributed by atoms with Crippen LogP contribution < -0.4 is 10.6 Å². The van der Waals surface area contributed by atoms with Crippen LogP contribution >= 0.6 is 0 Å². The molecule has 0 bridgehead atoms. The average molecular weight is 261 g/mol. The van der Waals surface area contributed by atoms with E-state index in [-0.39, 0.29) is 6.04 Å². The number of hydrogen-bond acceptors (Lipinski definition) is 6. The lowest BCUT2D eigenvalue weighted by molar-refractivity contribution is 0.474. The maximum atomic E-state index is 5.51. The molecule has 1 unspecified atom stereocenters. The zero-order valence-corrected chi connectivity index (χ0v) is 11.3. The lowest BCUT2D eigenvalue weighted by Gasteiger charge is -2.11. The highest BCUT2D eigenvalue weighted by Crippen LogP contribution is 2.17. The number of nitrogens with one attached hydrogen (secondary N) is 2. The first-order chi connectivity index (χ1) is 9.29. The van der Waals surface area contributed by atoms with Gasteiger partial charge in [0.05, 0.1) is 12.6 Å². The van der Waals surface area contributed by atoms with Gasteiger partial charge in [-0.3, -0.25) is 4.98 Å². The Labute approximate surface area is 112 Å². The fourth-order valence-electron chi connectivity index (χ4n) is 1.68. The van der Waals surface area contributed by atoms with E-state index in [9.17, 15) is 0 Å². The van der Waals surface area contributed by atoms with Gasteiger partial charge < -0.3 is 15.1 Å². The molecular formula is C13H19N5O. The third kappa shape index (κ3) is 4.03. The lowest BCUT2D eigenvalue weighted by atomic mass is 10.1. The van der Waals surface area contributed by atoms with Crippen molar-refractivity contribution < 1.29 is 4.42 Å². The number of aromatic nitrogens is 3. The normalized spacial score (nSPS) is 12.3. The Hall–Kier alpha value is -1.95. The number of rotatable bonds is 7. The third-order valence-corrected chi connectivity index (χ3v) is 2.72. The van der Waals surface area contributed by atoms with Gasteiger partial charge in [-0.25, -0.2) is 0 Å². The molecule has 0 saturated heterocycles. The summed E-state index contributed by atoms with van der Waals surface area (Å²) < 4.78 is 5.51. The fraction of sp³-hybridized carbons (Fsp3) is 0.462. The molecule has 2 N–H and O–H groups in total. The van der Waals surface area contributed by atoms with Gasteiger partial charge in [-0.2, -0.15) is 0 Å². The maximum absolute atomic E-state index is 5.51. The molecule has 0 aromatic carbocycles. The molecule has 0 saturated carbocycles. The molecule has 0 aliphatic rings. The molecular weight excluding hydrogens is 242 g/mol. The van der Waals surface area contributed by atoms with E-state index in [2.05, 4.69) is 32.7 Å². The van der Waals surface area contributed by atoms with E-state index in [0.717, 1.165) is 18.5 Å². The summed E-state index contributed by atoms with van der Waals surface area (Å²) in [4.78, 5) is 3.99. The smallest absolute Gasteiger partial charge is 0.315 e. The van der Waals surface area contributed by atoms with Gasteiger partial charge in [0.1, 0.15) is 0 Å². The highest BCUT2D eigenvalue weighted by molar-refractivity contribution is 5.26. The first-order valence-electron chi connectivity index (χ1n) is 6.49. The second kappa shape index (κ2) is 6.84. The largest absolute Gasteiger partial charge is 0.407 e. The van der Waals surface area contributed by atoms with Gasteiger partial charge in [0, 0.05) is 12.4 Å².